The zero-order chi connectivity index (χ0) is 14.8. The Bertz CT molecular complexity index is 696. The molecule has 0 spiro atoms. The third-order valence-corrected chi connectivity index (χ3v) is 3.78. The number of pyridine rings is 2. The van der Waals surface area contributed by atoms with Crippen LogP contribution < -0.4 is 0 Å². The number of azide groups is 1. The molecule has 0 bridgehead atoms. The maximum atomic E-state index is 8.84. The Hall–Kier alpha value is -1.55. The lowest BCUT2D eigenvalue weighted by molar-refractivity contribution is 0.447. The van der Waals surface area contributed by atoms with E-state index in [1.807, 2.05) is 13.8 Å². The summed E-state index contributed by atoms with van der Waals surface area (Å²) >= 11 is 12.1. The molecule has 0 saturated heterocycles. The summed E-state index contributed by atoms with van der Waals surface area (Å²) in [6, 6.07) is 1.72. The van der Waals surface area contributed by atoms with Crippen LogP contribution in [0.5, 0.6) is 0 Å². The lowest BCUT2D eigenvalue weighted by Crippen LogP contribution is -2.19. The van der Waals surface area contributed by atoms with Crippen molar-refractivity contribution < 1.29 is 0 Å². The normalized spacial score (nSPS) is 13.8. The minimum Gasteiger partial charge on any atom is -0.244 e. The number of halogens is 2. The van der Waals surface area contributed by atoms with Gasteiger partial charge in [-0.3, -0.25) is 0 Å². The summed E-state index contributed by atoms with van der Waals surface area (Å²) in [6.45, 7) is 3.92. The predicted molar refractivity (Wildman–Crippen MR) is 81.0 cm³/mol. The minimum atomic E-state index is -0.690. The van der Waals surface area contributed by atoms with Gasteiger partial charge in [-0.15, -0.1) is 0 Å². The van der Waals surface area contributed by atoms with Gasteiger partial charge in [0, 0.05) is 22.7 Å². The van der Waals surface area contributed by atoms with Gasteiger partial charge in [0.05, 0.1) is 5.54 Å². The van der Waals surface area contributed by atoms with E-state index in [0.717, 1.165) is 17.4 Å². The second kappa shape index (κ2) is 5.83. The van der Waals surface area contributed by atoms with E-state index in [1.165, 1.54) is 0 Å². The van der Waals surface area contributed by atoms with Crippen LogP contribution in [-0.2, 0) is 5.54 Å². The Balaban J connectivity index is 2.79. The van der Waals surface area contributed by atoms with Crippen molar-refractivity contribution in [3.8, 4) is 0 Å². The van der Waals surface area contributed by atoms with Crippen LogP contribution in [-0.4, -0.2) is 9.97 Å². The summed E-state index contributed by atoms with van der Waals surface area (Å²) in [7, 11) is 0. The zero-order valence-electron chi connectivity index (χ0n) is 11.1. The van der Waals surface area contributed by atoms with E-state index in [0.29, 0.717) is 22.1 Å². The van der Waals surface area contributed by atoms with E-state index < -0.39 is 5.54 Å². The van der Waals surface area contributed by atoms with Crippen LogP contribution in [0.15, 0.2) is 23.6 Å². The van der Waals surface area contributed by atoms with Gasteiger partial charge in [0.2, 0.25) is 0 Å². The number of nitrogens with zero attached hydrogens (tertiary/aromatic N) is 5. The van der Waals surface area contributed by atoms with Gasteiger partial charge in [0.25, 0.3) is 0 Å². The lowest BCUT2D eigenvalue weighted by Gasteiger charge is -2.25. The van der Waals surface area contributed by atoms with Gasteiger partial charge in [-0.05, 0) is 35.9 Å². The van der Waals surface area contributed by atoms with Crippen LogP contribution in [0, 0.1) is 0 Å². The van der Waals surface area contributed by atoms with Gasteiger partial charge in [-0.1, -0.05) is 41.7 Å². The predicted octanol–water partition coefficient (Wildman–Crippen LogP) is 5.26. The second-order valence-corrected chi connectivity index (χ2v) is 5.47. The number of fused-ring (bicyclic) bond motifs is 1. The molecule has 2 rings (SSSR count). The van der Waals surface area contributed by atoms with Crippen molar-refractivity contribution in [3.05, 3.63) is 44.8 Å². The molecule has 0 saturated carbocycles. The summed E-state index contributed by atoms with van der Waals surface area (Å²) < 4.78 is 0. The van der Waals surface area contributed by atoms with Gasteiger partial charge in [0.1, 0.15) is 10.3 Å². The Morgan fingerprint density at radius 3 is 2.70 bits per heavy atom. The fraction of sp³-hybridized carbons (Fsp3) is 0.385. The Morgan fingerprint density at radius 1 is 1.30 bits per heavy atom. The molecular weight excluding hydrogens is 297 g/mol. The van der Waals surface area contributed by atoms with Gasteiger partial charge < -0.3 is 0 Å². The molecule has 2 aromatic heterocycles. The highest BCUT2D eigenvalue weighted by Crippen LogP contribution is 2.37. The van der Waals surface area contributed by atoms with Crippen molar-refractivity contribution in [2.75, 3.05) is 0 Å². The average Bonchev–Trinajstić information content (AvgIpc) is 2.39. The first kappa shape index (κ1) is 14.9. The average molecular weight is 310 g/mol. The maximum Gasteiger partial charge on any atom is 0.138 e. The molecule has 20 heavy (non-hydrogen) atoms. The first-order valence-electron chi connectivity index (χ1n) is 6.18. The summed E-state index contributed by atoms with van der Waals surface area (Å²) in [4.78, 5) is 11.2. The molecule has 0 aliphatic carbocycles. The summed E-state index contributed by atoms with van der Waals surface area (Å²) in [5, 5.41) is 6.19. The molecule has 5 nitrogen and oxygen atoms in total. The highest BCUT2D eigenvalue weighted by Gasteiger charge is 2.27. The van der Waals surface area contributed by atoms with Crippen molar-refractivity contribution >= 4 is 34.0 Å². The highest BCUT2D eigenvalue weighted by molar-refractivity contribution is 6.35. The summed E-state index contributed by atoms with van der Waals surface area (Å²) in [6.07, 6.45) is 4.80. The van der Waals surface area contributed by atoms with Gasteiger partial charge in [-0.2, -0.15) is 0 Å². The van der Waals surface area contributed by atoms with Gasteiger partial charge in [0.15, 0.2) is 0 Å². The monoisotopic (exact) mass is 309 g/mol. The van der Waals surface area contributed by atoms with Crippen LogP contribution >= 0.6 is 23.2 Å². The molecule has 0 aromatic carbocycles. The van der Waals surface area contributed by atoms with Gasteiger partial charge >= 0.3 is 0 Å². The highest BCUT2D eigenvalue weighted by atomic mass is 35.5. The molecule has 104 valence electrons. The molecule has 0 aliphatic rings. The fourth-order valence-corrected chi connectivity index (χ4v) is 2.69. The van der Waals surface area contributed by atoms with Crippen LogP contribution in [0.25, 0.3) is 21.2 Å². The third-order valence-electron chi connectivity index (χ3n) is 3.27. The van der Waals surface area contributed by atoms with Crippen molar-refractivity contribution in [2.45, 2.75) is 32.2 Å². The topological polar surface area (TPSA) is 74.5 Å². The van der Waals surface area contributed by atoms with E-state index in [2.05, 4.69) is 20.0 Å². The van der Waals surface area contributed by atoms with Crippen molar-refractivity contribution in [1.82, 2.24) is 9.97 Å². The molecule has 0 fully saturated rings. The summed E-state index contributed by atoms with van der Waals surface area (Å²) in [5.74, 6) is 0. The van der Waals surface area contributed by atoms with Crippen molar-refractivity contribution in [2.24, 2.45) is 5.11 Å². The van der Waals surface area contributed by atoms with E-state index >= 15 is 0 Å². The largest absolute Gasteiger partial charge is 0.244 e. The third kappa shape index (κ3) is 2.66. The Labute approximate surface area is 126 Å². The zero-order valence-corrected chi connectivity index (χ0v) is 12.7. The molecule has 7 heteroatoms. The van der Waals surface area contributed by atoms with Gasteiger partial charge in [-0.25, -0.2) is 9.97 Å². The van der Waals surface area contributed by atoms with E-state index in [-0.39, 0.29) is 0 Å². The molecule has 2 aromatic rings. The Kier molecular flexibility index (Phi) is 4.33. The first-order valence-corrected chi connectivity index (χ1v) is 6.94. The lowest BCUT2D eigenvalue weighted by atomic mass is 9.87. The Morgan fingerprint density at radius 2 is 2.05 bits per heavy atom. The molecule has 0 N–H and O–H groups in total. The minimum absolute atomic E-state index is 0.354. The molecule has 2 heterocycles. The first-order chi connectivity index (χ1) is 9.51. The molecule has 1 unspecified atom stereocenters. The van der Waals surface area contributed by atoms with Crippen LogP contribution in [0.1, 0.15) is 32.3 Å². The standard InChI is InChI=1S/C13H13Cl2N5/c1-3-4-13(2,19-20-16)10-7-18-12(15)9-6-17-11(14)5-8(9)10/h5-7H,3-4H2,1-2H3. The molecule has 0 radical (unpaired) electrons. The number of hydrogen-bond acceptors (Lipinski definition) is 3. The number of rotatable bonds is 4. The number of aromatic nitrogens is 2. The van der Waals surface area contributed by atoms with Crippen LogP contribution in [0.3, 0.4) is 0 Å². The van der Waals surface area contributed by atoms with E-state index in [1.54, 1.807) is 18.5 Å². The SMILES string of the molecule is CCCC(C)(N=[N+]=[N-])c1cnc(Cl)c2cnc(Cl)cc12. The van der Waals surface area contributed by atoms with Crippen LogP contribution in [0.4, 0.5) is 0 Å². The summed E-state index contributed by atoms with van der Waals surface area (Å²) in [5.41, 5.74) is 8.96. The second-order valence-electron chi connectivity index (χ2n) is 4.73. The molecule has 0 amide bonds. The fourth-order valence-electron chi connectivity index (χ4n) is 2.33. The van der Waals surface area contributed by atoms with Crippen molar-refractivity contribution in [1.29, 1.82) is 0 Å². The maximum absolute atomic E-state index is 8.84. The quantitative estimate of drug-likeness (QED) is 0.334. The van der Waals surface area contributed by atoms with Crippen molar-refractivity contribution in [3.63, 3.8) is 0 Å². The van der Waals surface area contributed by atoms with Crippen LogP contribution in [0.2, 0.25) is 10.3 Å². The molecular formula is C13H13Cl2N5. The van der Waals surface area contributed by atoms with E-state index in [4.69, 9.17) is 28.7 Å². The smallest absolute Gasteiger partial charge is 0.138 e. The number of hydrogen-bond donors (Lipinski definition) is 0. The molecule has 0 aliphatic heterocycles. The van der Waals surface area contributed by atoms with E-state index in [9.17, 15) is 0 Å². The molecule has 1 atom stereocenters.